The van der Waals surface area contributed by atoms with Gasteiger partial charge in [-0.3, -0.25) is 14.9 Å². The largest absolute Gasteiger partial charge is 0.454 e. The van der Waals surface area contributed by atoms with Gasteiger partial charge in [0.05, 0.1) is 4.92 Å². The fraction of sp³-hybridized carbons (Fsp3) is 0.444. The van der Waals surface area contributed by atoms with Gasteiger partial charge >= 0.3 is 5.97 Å². The lowest BCUT2D eigenvalue weighted by molar-refractivity contribution is -0.384. The van der Waals surface area contributed by atoms with Gasteiger partial charge in [0, 0.05) is 24.6 Å². The predicted molar refractivity (Wildman–Crippen MR) is 95.7 cm³/mol. The molecule has 0 aliphatic heterocycles. The van der Waals surface area contributed by atoms with Gasteiger partial charge in [0.1, 0.15) is 6.04 Å². The average molecular weight is 388 g/mol. The highest BCUT2D eigenvalue weighted by molar-refractivity contribution is 5.83. The average Bonchev–Trinajstić information content (AvgIpc) is 3.36. The van der Waals surface area contributed by atoms with Gasteiger partial charge in [-0.1, -0.05) is 12.8 Å². The highest BCUT2D eigenvalue weighted by atomic mass is 16.6. The third-order valence-electron chi connectivity index (χ3n) is 4.61. The molecule has 1 atom stereocenters. The number of nitro benzene ring substituents is 1. The van der Waals surface area contributed by atoms with E-state index < -0.39 is 16.9 Å². The van der Waals surface area contributed by atoms with Gasteiger partial charge in [0.25, 0.3) is 11.6 Å². The van der Waals surface area contributed by atoms with Crippen LogP contribution in [0, 0.1) is 16.0 Å². The molecule has 1 aliphatic rings. The number of ether oxygens (including phenoxy) is 1. The number of nitrogens with one attached hydrogen (secondary N) is 1. The van der Waals surface area contributed by atoms with E-state index in [9.17, 15) is 19.7 Å². The number of nitro groups is 1. The summed E-state index contributed by atoms with van der Waals surface area (Å²) in [6, 6.07) is 4.97. The molecule has 1 N–H and O–H groups in total. The Bertz CT molecular complexity index is 857. The SMILES string of the molecule is CC(=O)NC(C(=O)OCc1nnc(-c2ccc([N+](=O)[O-])cc2)o1)C1CCCC1. The van der Waals surface area contributed by atoms with Crippen molar-refractivity contribution < 1.29 is 23.7 Å². The van der Waals surface area contributed by atoms with Crippen LogP contribution in [0.2, 0.25) is 0 Å². The van der Waals surface area contributed by atoms with E-state index in [2.05, 4.69) is 15.5 Å². The van der Waals surface area contributed by atoms with Crippen LogP contribution in [-0.2, 0) is 20.9 Å². The Morgan fingerprint density at radius 1 is 1.29 bits per heavy atom. The Morgan fingerprint density at radius 2 is 1.96 bits per heavy atom. The Labute approximate surface area is 160 Å². The minimum atomic E-state index is -0.683. The first-order valence-electron chi connectivity index (χ1n) is 8.95. The molecule has 1 aromatic carbocycles. The van der Waals surface area contributed by atoms with Crippen molar-refractivity contribution in [2.75, 3.05) is 0 Å². The van der Waals surface area contributed by atoms with E-state index in [0.717, 1.165) is 25.7 Å². The summed E-state index contributed by atoms with van der Waals surface area (Å²) in [5.74, 6) is -0.496. The van der Waals surface area contributed by atoms with Crippen LogP contribution >= 0.6 is 0 Å². The number of aromatic nitrogens is 2. The second kappa shape index (κ2) is 8.59. The van der Waals surface area contributed by atoms with Crippen LogP contribution in [0.1, 0.15) is 38.5 Å². The lowest BCUT2D eigenvalue weighted by Crippen LogP contribution is -2.45. The van der Waals surface area contributed by atoms with Crippen LogP contribution < -0.4 is 5.32 Å². The highest BCUT2D eigenvalue weighted by Gasteiger charge is 2.32. The second-order valence-corrected chi connectivity index (χ2v) is 6.64. The number of nitrogens with zero attached hydrogens (tertiary/aromatic N) is 3. The van der Waals surface area contributed by atoms with Crippen molar-refractivity contribution in [3.63, 3.8) is 0 Å². The molecule has 0 saturated heterocycles. The number of amides is 1. The number of non-ortho nitro benzene ring substituents is 1. The van der Waals surface area contributed by atoms with Gasteiger partial charge in [-0.25, -0.2) is 4.79 Å². The standard InChI is InChI=1S/C18H20N4O6/c1-11(23)19-16(12-4-2-3-5-12)18(24)27-10-15-20-21-17(28-15)13-6-8-14(9-7-13)22(25)26/h6-9,12,16H,2-5,10H2,1H3,(H,19,23). The van der Waals surface area contributed by atoms with E-state index >= 15 is 0 Å². The van der Waals surface area contributed by atoms with Gasteiger partial charge in [0.2, 0.25) is 11.8 Å². The minimum absolute atomic E-state index is 0.0478. The first-order chi connectivity index (χ1) is 13.4. The molecule has 28 heavy (non-hydrogen) atoms. The molecule has 0 radical (unpaired) electrons. The number of hydrogen-bond donors (Lipinski definition) is 1. The summed E-state index contributed by atoms with van der Waals surface area (Å²) in [5, 5.41) is 21.1. The van der Waals surface area contributed by atoms with Crippen LogP contribution in [0.5, 0.6) is 0 Å². The number of rotatable bonds is 7. The predicted octanol–water partition coefficient (Wildman–Crippen LogP) is 2.38. The van der Waals surface area contributed by atoms with Crippen molar-refractivity contribution >= 4 is 17.6 Å². The van der Waals surface area contributed by atoms with Gasteiger partial charge < -0.3 is 14.5 Å². The van der Waals surface area contributed by atoms with Crippen molar-refractivity contribution in [3.05, 3.63) is 40.3 Å². The third-order valence-corrected chi connectivity index (χ3v) is 4.61. The molecule has 10 heteroatoms. The van der Waals surface area contributed by atoms with E-state index in [-0.39, 0.29) is 35.9 Å². The molecule has 3 rings (SSSR count). The van der Waals surface area contributed by atoms with E-state index in [1.165, 1.54) is 31.2 Å². The maximum atomic E-state index is 12.4. The van der Waals surface area contributed by atoms with E-state index in [1.807, 2.05) is 0 Å². The molecule has 148 valence electrons. The van der Waals surface area contributed by atoms with Gasteiger partial charge in [-0.05, 0) is 30.9 Å². The fourth-order valence-corrected chi connectivity index (χ4v) is 3.26. The van der Waals surface area contributed by atoms with Gasteiger partial charge in [-0.15, -0.1) is 10.2 Å². The summed E-state index contributed by atoms with van der Waals surface area (Å²) in [5.41, 5.74) is 0.464. The Balaban J connectivity index is 1.61. The summed E-state index contributed by atoms with van der Waals surface area (Å²) in [6.45, 7) is 1.14. The Kier molecular flexibility index (Phi) is 5.97. The molecule has 0 spiro atoms. The molecule has 10 nitrogen and oxygen atoms in total. The molecule has 1 saturated carbocycles. The molecule has 1 aromatic heterocycles. The summed E-state index contributed by atoms with van der Waals surface area (Å²) in [7, 11) is 0. The van der Waals surface area contributed by atoms with E-state index in [4.69, 9.17) is 9.15 Å². The molecule has 1 aliphatic carbocycles. The van der Waals surface area contributed by atoms with Crippen LogP contribution in [0.3, 0.4) is 0 Å². The monoisotopic (exact) mass is 388 g/mol. The number of hydrogen-bond acceptors (Lipinski definition) is 8. The summed E-state index contributed by atoms with van der Waals surface area (Å²) in [4.78, 5) is 34.0. The maximum absolute atomic E-state index is 12.4. The zero-order chi connectivity index (χ0) is 20.1. The van der Waals surface area contributed by atoms with Crippen molar-refractivity contribution in [3.8, 4) is 11.5 Å². The van der Waals surface area contributed by atoms with E-state index in [1.54, 1.807) is 0 Å². The maximum Gasteiger partial charge on any atom is 0.329 e. The topological polar surface area (TPSA) is 137 Å². The fourth-order valence-electron chi connectivity index (χ4n) is 3.26. The number of carbonyl (C=O) groups is 2. The second-order valence-electron chi connectivity index (χ2n) is 6.64. The smallest absolute Gasteiger partial charge is 0.329 e. The first-order valence-corrected chi connectivity index (χ1v) is 8.95. The lowest BCUT2D eigenvalue weighted by Gasteiger charge is -2.21. The molecular weight excluding hydrogens is 368 g/mol. The van der Waals surface area contributed by atoms with Crippen molar-refractivity contribution in [1.29, 1.82) is 0 Å². The normalized spacial score (nSPS) is 15.2. The van der Waals surface area contributed by atoms with Crippen LogP contribution in [-0.4, -0.2) is 33.0 Å². The van der Waals surface area contributed by atoms with Gasteiger partial charge in [-0.2, -0.15) is 0 Å². The Hall–Kier alpha value is -3.30. The molecule has 2 aromatic rings. The third kappa shape index (κ3) is 4.70. The summed E-state index contributed by atoms with van der Waals surface area (Å²) >= 11 is 0. The molecule has 1 fully saturated rings. The zero-order valence-electron chi connectivity index (χ0n) is 15.3. The summed E-state index contributed by atoms with van der Waals surface area (Å²) < 4.78 is 10.7. The molecule has 1 heterocycles. The number of carbonyl (C=O) groups excluding carboxylic acids is 2. The molecule has 0 bridgehead atoms. The van der Waals surface area contributed by atoms with Crippen molar-refractivity contribution in [2.45, 2.75) is 45.3 Å². The van der Waals surface area contributed by atoms with Crippen LogP contribution in [0.25, 0.3) is 11.5 Å². The number of esters is 1. The lowest BCUT2D eigenvalue weighted by atomic mass is 9.98. The minimum Gasteiger partial charge on any atom is -0.454 e. The van der Waals surface area contributed by atoms with Crippen molar-refractivity contribution in [2.24, 2.45) is 5.92 Å². The molecule has 1 unspecified atom stereocenters. The highest BCUT2D eigenvalue weighted by Crippen LogP contribution is 2.28. The van der Waals surface area contributed by atoms with Crippen LogP contribution in [0.15, 0.2) is 28.7 Å². The molecule has 1 amide bonds. The number of benzene rings is 1. The summed E-state index contributed by atoms with van der Waals surface area (Å²) in [6.07, 6.45) is 3.78. The van der Waals surface area contributed by atoms with Crippen molar-refractivity contribution in [1.82, 2.24) is 15.5 Å². The first kappa shape index (κ1) is 19.5. The molecular formula is C18H20N4O6. The zero-order valence-corrected chi connectivity index (χ0v) is 15.3. The van der Waals surface area contributed by atoms with Crippen LogP contribution in [0.4, 0.5) is 5.69 Å². The van der Waals surface area contributed by atoms with Gasteiger partial charge in [0.15, 0.2) is 6.61 Å². The quantitative estimate of drug-likeness (QED) is 0.433. The Morgan fingerprint density at radius 3 is 2.57 bits per heavy atom. The van der Waals surface area contributed by atoms with E-state index in [0.29, 0.717) is 5.56 Å².